The minimum absolute atomic E-state index is 0.0256. The van der Waals surface area contributed by atoms with Crippen molar-refractivity contribution >= 4 is 40.9 Å². The molecule has 0 bridgehead atoms. The van der Waals surface area contributed by atoms with E-state index in [1.807, 2.05) is 39.0 Å². The van der Waals surface area contributed by atoms with Crippen LogP contribution in [0.2, 0.25) is 0 Å². The standard InChI is InChI=1S/C22H22N2O4S/c1-12-6-7-13(2)17(10-12)24-21(26)16(20(25)23-22(24)29)11-15-8-9-18(27-4)14(3)19(15)28-5/h6-11H,1-5H3,(H,23,25,29)/b16-11+. The van der Waals surface area contributed by atoms with Gasteiger partial charge in [-0.05, 0) is 68.4 Å². The van der Waals surface area contributed by atoms with Crippen LogP contribution in [0.4, 0.5) is 5.69 Å². The van der Waals surface area contributed by atoms with E-state index in [9.17, 15) is 9.59 Å². The highest BCUT2D eigenvalue weighted by atomic mass is 32.1. The van der Waals surface area contributed by atoms with Crippen LogP contribution in [-0.2, 0) is 9.59 Å². The molecule has 3 rings (SSSR count). The molecule has 29 heavy (non-hydrogen) atoms. The Kier molecular flexibility index (Phi) is 5.70. The second kappa shape index (κ2) is 8.05. The third-order valence-corrected chi connectivity index (χ3v) is 5.10. The van der Waals surface area contributed by atoms with Crippen LogP contribution >= 0.6 is 12.2 Å². The van der Waals surface area contributed by atoms with Crippen molar-refractivity contribution in [1.82, 2.24) is 5.32 Å². The number of aryl methyl sites for hydroxylation is 2. The summed E-state index contributed by atoms with van der Waals surface area (Å²) in [4.78, 5) is 27.2. The largest absolute Gasteiger partial charge is 0.496 e. The molecule has 0 atom stereocenters. The smallest absolute Gasteiger partial charge is 0.270 e. The van der Waals surface area contributed by atoms with Crippen molar-refractivity contribution in [2.75, 3.05) is 19.1 Å². The van der Waals surface area contributed by atoms with E-state index in [1.54, 1.807) is 19.2 Å². The summed E-state index contributed by atoms with van der Waals surface area (Å²) >= 11 is 5.29. The molecule has 0 saturated carbocycles. The summed E-state index contributed by atoms with van der Waals surface area (Å²) in [6, 6.07) is 9.25. The van der Waals surface area contributed by atoms with E-state index in [1.165, 1.54) is 18.1 Å². The number of hydrogen-bond donors (Lipinski definition) is 1. The van der Waals surface area contributed by atoms with Crippen molar-refractivity contribution in [3.63, 3.8) is 0 Å². The number of ether oxygens (including phenoxy) is 2. The zero-order valence-corrected chi connectivity index (χ0v) is 17.8. The molecule has 0 spiro atoms. The van der Waals surface area contributed by atoms with E-state index in [0.29, 0.717) is 22.7 Å². The maximum Gasteiger partial charge on any atom is 0.270 e. The number of carbonyl (C=O) groups excluding carboxylic acids is 2. The van der Waals surface area contributed by atoms with Gasteiger partial charge in [-0.3, -0.25) is 19.8 Å². The monoisotopic (exact) mass is 410 g/mol. The molecular weight excluding hydrogens is 388 g/mol. The van der Waals surface area contributed by atoms with E-state index < -0.39 is 11.8 Å². The predicted octanol–water partition coefficient (Wildman–Crippen LogP) is 3.46. The number of amides is 2. The summed E-state index contributed by atoms with van der Waals surface area (Å²) in [7, 11) is 3.10. The van der Waals surface area contributed by atoms with E-state index in [-0.39, 0.29) is 10.7 Å². The number of nitrogens with one attached hydrogen (secondary N) is 1. The molecule has 1 aliphatic heterocycles. The number of methoxy groups -OCH3 is 2. The molecule has 0 unspecified atom stereocenters. The Labute approximate surface area is 175 Å². The molecule has 0 aliphatic carbocycles. The van der Waals surface area contributed by atoms with Gasteiger partial charge >= 0.3 is 0 Å². The molecule has 2 aromatic rings. The summed E-state index contributed by atoms with van der Waals surface area (Å²) in [6.07, 6.45) is 1.52. The molecule has 1 saturated heterocycles. The number of rotatable bonds is 4. The first kappa shape index (κ1) is 20.5. The van der Waals surface area contributed by atoms with Crippen LogP contribution in [0.3, 0.4) is 0 Å². The topological polar surface area (TPSA) is 67.9 Å². The lowest BCUT2D eigenvalue weighted by Gasteiger charge is -2.30. The first-order valence-electron chi connectivity index (χ1n) is 8.98. The van der Waals surface area contributed by atoms with Crippen molar-refractivity contribution in [3.05, 3.63) is 58.2 Å². The Morgan fingerprint density at radius 2 is 1.76 bits per heavy atom. The fourth-order valence-corrected chi connectivity index (χ4v) is 3.57. The molecule has 0 radical (unpaired) electrons. The molecule has 1 heterocycles. The molecule has 150 valence electrons. The van der Waals surface area contributed by atoms with Crippen molar-refractivity contribution in [2.24, 2.45) is 0 Å². The van der Waals surface area contributed by atoms with Crippen LogP contribution in [0.5, 0.6) is 11.5 Å². The molecule has 1 fully saturated rings. The molecular formula is C22H22N2O4S. The fraction of sp³-hybridized carbons (Fsp3) is 0.227. The summed E-state index contributed by atoms with van der Waals surface area (Å²) in [5.74, 6) is 0.158. The van der Waals surface area contributed by atoms with Crippen molar-refractivity contribution in [3.8, 4) is 11.5 Å². The highest BCUT2D eigenvalue weighted by molar-refractivity contribution is 7.80. The summed E-state index contributed by atoms with van der Waals surface area (Å²) in [6.45, 7) is 5.67. The van der Waals surface area contributed by atoms with Gasteiger partial charge in [-0.1, -0.05) is 12.1 Å². The summed E-state index contributed by atoms with van der Waals surface area (Å²) in [5, 5.41) is 2.67. The van der Waals surface area contributed by atoms with Gasteiger partial charge < -0.3 is 9.47 Å². The van der Waals surface area contributed by atoms with Crippen LogP contribution in [0.25, 0.3) is 6.08 Å². The van der Waals surface area contributed by atoms with Gasteiger partial charge in [-0.25, -0.2) is 0 Å². The number of anilines is 1. The highest BCUT2D eigenvalue weighted by Crippen LogP contribution is 2.33. The van der Waals surface area contributed by atoms with Crippen LogP contribution in [0.1, 0.15) is 22.3 Å². The lowest BCUT2D eigenvalue weighted by Crippen LogP contribution is -2.54. The van der Waals surface area contributed by atoms with Gasteiger partial charge in [0.2, 0.25) is 0 Å². The van der Waals surface area contributed by atoms with Gasteiger partial charge in [0, 0.05) is 11.1 Å². The second-order valence-electron chi connectivity index (χ2n) is 6.76. The molecule has 7 heteroatoms. The average molecular weight is 410 g/mol. The zero-order chi connectivity index (χ0) is 21.3. The maximum atomic E-state index is 13.3. The van der Waals surface area contributed by atoms with Gasteiger partial charge in [0.15, 0.2) is 5.11 Å². The van der Waals surface area contributed by atoms with E-state index >= 15 is 0 Å². The Bertz CT molecular complexity index is 1060. The van der Waals surface area contributed by atoms with E-state index in [4.69, 9.17) is 21.7 Å². The van der Waals surface area contributed by atoms with Crippen molar-refractivity contribution < 1.29 is 19.1 Å². The van der Waals surface area contributed by atoms with Crippen LogP contribution in [0, 0.1) is 20.8 Å². The molecule has 0 aromatic heterocycles. The number of benzene rings is 2. The Morgan fingerprint density at radius 3 is 2.41 bits per heavy atom. The number of nitrogens with zero attached hydrogens (tertiary/aromatic N) is 1. The molecule has 6 nitrogen and oxygen atoms in total. The SMILES string of the molecule is COc1ccc(/C=C2\C(=O)NC(=S)N(c3cc(C)ccc3C)C2=O)c(OC)c1C. The van der Waals surface area contributed by atoms with Gasteiger partial charge in [-0.15, -0.1) is 0 Å². The Morgan fingerprint density at radius 1 is 1.03 bits per heavy atom. The van der Waals surface area contributed by atoms with Crippen LogP contribution < -0.4 is 19.7 Å². The van der Waals surface area contributed by atoms with Gasteiger partial charge in [0.25, 0.3) is 11.8 Å². The quantitative estimate of drug-likeness (QED) is 0.475. The second-order valence-corrected chi connectivity index (χ2v) is 7.15. The first-order chi connectivity index (χ1) is 13.8. The van der Waals surface area contributed by atoms with Crippen molar-refractivity contribution in [1.29, 1.82) is 0 Å². The minimum Gasteiger partial charge on any atom is -0.496 e. The number of thiocarbonyl (C=S) groups is 1. The van der Waals surface area contributed by atoms with Gasteiger partial charge in [0.1, 0.15) is 17.1 Å². The Balaban J connectivity index is 2.11. The third kappa shape index (κ3) is 3.73. The molecule has 2 aromatic carbocycles. The van der Waals surface area contributed by atoms with Gasteiger partial charge in [-0.2, -0.15) is 0 Å². The maximum absolute atomic E-state index is 13.3. The Hall–Kier alpha value is -3.19. The zero-order valence-electron chi connectivity index (χ0n) is 17.0. The lowest BCUT2D eigenvalue weighted by molar-refractivity contribution is -0.122. The van der Waals surface area contributed by atoms with Gasteiger partial charge in [0.05, 0.1) is 19.9 Å². The minimum atomic E-state index is -0.544. The fourth-order valence-electron chi connectivity index (χ4n) is 3.29. The van der Waals surface area contributed by atoms with Crippen molar-refractivity contribution in [2.45, 2.75) is 20.8 Å². The average Bonchev–Trinajstić information content (AvgIpc) is 2.68. The normalized spacial score (nSPS) is 15.6. The number of carbonyl (C=O) groups is 2. The highest BCUT2D eigenvalue weighted by Gasteiger charge is 2.35. The first-order valence-corrected chi connectivity index (χ1v) is 9.39. The summed E-state index contributed by atoms with van der Waals surface area (Å²) < 4.78 is 10.8. The lowest BCUT2D eigenvalue weighted by atomic mass is 10.0. The summed E-state index contributed by atoms with van der Waals surface area (Å²) in [5.41, 5.74) is 3.84. The third-order valence-electron chi connectivity index (χ3n) is 4.82. The molecule has 2 amide bonds. The molecule has 1 N–H and O–H groups in total. The van der Waals surface area contributed by atoms with Crippen LogP contribution in [-0.4, -0.2) is 31.1 Å². The molecule has 1 aliphatic rings. The predicted molar refractivity (Wildman–Crippen MR) is 116 cm³/mol. The van der Waals surface area contributed by atoms with Crippen LogP contribution in [0.15, 0.2) is 35.9 Å². The van der Waals surface area contributed by atoms with E-state index in [0.717, 1.165) is 16.7 Å². The number of hydrogen-bond acceptors (Lipinski definition) is 5. The van der Waals surface area contributed by atoms with E-state index in [2.05, 4.69) is 5.32 Å².